The first-order valence-corrected chi connectivity index (χ1v) is 9.37. The van der Waals surface area contributed by atoms with Gasteiger partial charge < -0.3 is 9.97 Å². The lowest BCUT2D eigenvalue weighted by Crippen LogP contribution is -2.39. The molecule has 166 valence electrons. The van der Waals surface area contributed by atoms with Gasteiger partial charge in [-0.05, 0) is 23.2 Å². The highest BCUT2D eigenvalue weighted by molar-refractivity contribution is 6.29. The lowest BCUT2D eigenvalue weighted by atomic mass is 10.5. The quantitative estimate of drug-likeness (QED) is 0.304. The van der Waals surface area contributed by atoms with Crippen molar-refractivity contribution in [2.75, 3.05) is 0 Å². The van der Waals surface area contributed by atoms with Crippen molar-refractivity contribution in [3.63, 3.8) is 0 Å². The second-order valence-electron chi connectivity index (χ2n) is 6.03. The van der Waals surface area contributed by atoms with Crippen LogP contribution in [0.3, 0.4) is 0 Å². The molecule has 0 saturated heterocycles. The van der Waals surface area contributed by atoms with Gasteiger partial charge in [0, 0.05) is 0 Å². The monoisotopic (exact) mass is 489 g/mol. The molecule has 0 amide bonds. The van der Waals surface area contributed by atoms with Gasteiger partial charge in [0.2, 0.25) is 10.6 Å². The molecule has 0 aliphatic heterocycles. The van der Waals surface area contributed by atoms with Gasteiger partial charge in [-0.2, -0.15) is 25.8 Å². The molecule has 0 aliphatic carbocycles. The van der Waals surface area contributed by atoms with E-state index in [9.17, 15) is 19.2 Å². The highest BCUT2D eigenvalue weighted by Crippen LogP contribution is 2.09. The van der Waals surface area contributed by atoms with Crippen molar-refractivity contribution < 1.29 is 0 Å². The molecule has 4 heterocycles. The maximum atomic E-state index is 11.9. The fourth-order valence-electron chi connectivity index (χ4n) is 2.79. The van der Waals surface area contributed by atoms with Gasteiger partial charge >= 0.3 is 11.4 Å². The summed E-state index contributed by atoms with van der Waals surface area (Å²) in [7, 11) is 0. The Labute approximate surface area is 190 Å². The predicted octanol–water partition coefficient (Wildman–Crippen LogP) is -0.823. The molecule has 0 unspecified atom stereocenters. The van der Waals surface area contributed by atoms with Gasteiger partial charge in [0.25, 0.3) is 11.1 Å². The summed E-state index contributed by atoms with van der Waals surface area (Å²) in [6.07, 6.45) is 0. The van der Waals surface area contributed by atoms with Crippen LogP contribution in [0.5, 0.6) is 0 Å². The molecule has 0 bridgehead atoms. The summed E-state index contributed by atoms with van der Waals surface area (Å²) < 4.78 is 2.73. The van der Waals surface area contributed by atoms with Gasteiger partial charge in [-0.25, -0.2) is 14.2 Å². The minimum Gasteiger partial charge on any atom is -0.323 e. The molecule has 4 aromatic rings. The van der Waals surface area contributed by atoms with Crippen molar-refractivity contribution in [2.45, 2.75) is 19.6 Å². The predicted molar refractivity (Wildman–Crippen MR) is 112 cm³/mol. The van der Waals surface area contributed by atoms with Gasteiger partial charge in [-0.1, -0.05) is 0 Å². The zero-order valence-electron chi connectivity index (χ0n) is 16.1. The Balaban J connectivity index is 0.000000189. The summed E-state index contributed by atoms with van der Waals surface area (Å²) in [6, 6.07) is 5.28. The number of aromatic nitrogens is 8. The number of halogens is 2. The van der Waals surface area contributed by atoms with Gasteiger partial charge in [-0.3, -0.25) is 23.7 Å². The largest absolute Gasteiger partial charge is 0.334 e. The molecule has 33 heavy (non-hydrogen) atoms. The fraction of sp³-hybridized carbons (Fsp3) is 0.188. The molecular formula is C16H9Cl2N11O4. The van der Waals surface area contributed by atoms with E-state index in [1.54, 1.807) is 18.2 Å². The summed E-state index contributed by atoms with van der Waals surface area (Å²) in [5.41, 5.74) is -2.59. The number of hydrogen-bond donors (Lipinski definition) is 3. The third-order valence-corrected chi connectivity index (χ3v) is 4.48. The third-order valence-electron chi connectivity index (χ3n) is 4.12. The molecule has 17 heteroatoms. The van der Waals surface area contributed by atoms with Crippen molar-refractivity contribution in [2.24, 2.45) is 0 Å². The maximum absolute atomic E-state index is 11.9. The summed E-state index contributed by atoms with van der Waals surface area (Å²) in [4.78, 5) is 61.0. The van der Waals surface area contributed by atoms with Gasteiger partial charge in [0.15, 0.2) is 22.3 Å². The maximum Gasteiger partial charge on any atom is 0.334 e. The van der Waals surface area contributed by atoms with E-state index in [0.29, 0.717) is 4.57 Å². The first-order chi connectivity index (χ1) is 15.7. The van der Waals surface area contributed by atoms with E-state index in [2.05, 4.69) is 24.9 Å². The van der Waals surface area contributed by atoms with Crippen molar-refractivity contribution in [1.29, 1.82) is 15.8 Å². The lowest BCUT2D eigenvalue weighted by Gasteiger charge is -2.04. The molecule has 0 radical (unpaired) electrons. The van der Waals surface area contributed by atoms with E-state index < -0.39 is 29.0 Å². The van der Waals surface area contributed by atoms with Crippen molar-refractivity contribution in [3.8, 4) is 18.2 Å². The van der Waals surface area contributed by atoms with E-state index in [-0.39, 0.29) is 46.0 Å². The standard InChI is InChI=1S/C9H5ClN6O2.C7H4ClN5O2/c10-8-13-5-6(14-8)15(3-1-11)9(18)16(4-2-12)7(5)17;8-6-10-3-4(11-6)13(2-1-9)7(15)12-5(3)14/h3-4H2,(H,13,14);2H2,(H,10,11)(H,12,14,15). The van der Waals surface area contributed by atoms with Crippen LogP contribution in [0.15, 0.2) is 19.2 Å². The Morgan fingerprint density at radius 1 is 0.727 bits per heavy atom. The number of nitrogens with one attached hydrogen (secondary N) is 3. The second-order valence-corrected chi connectivity index (χ2v) is 6.75. The number of rotatable bonds is 3. The van der Waals surface area contributed by atoms with Crippen LogP contribution in [0, 0.1) is 34.0 Å². The molecule has 3 N–H and O–H groups in total. The number of aromatic amines is 3. The Bertz CT molecular complexity index is 1750. The Morgan fingerprint density at radius 3 is 1.79 bits per heavy atom. The Hall–Kier alpha value is -4.65. The molecule has 0 saturated carbocycles. The SMILES string of the molecule is N#CCn1c(=O)[nH]c(=O)c2[nH]c(Cl)nc21.N#CCn1c(=O)c2[nH]c(Cl)nc2n(CC#N)c1=O. The van der Waals surface area contributed by atoms with Gasteiger partial charge in [-0.15, -0.1) is 0 Å². The zero-order chi connectivity index (χ0) is 24.3. The summed E-state index contributed by atoms with van der Waals surface area (Å²) in [6.45, 7) is -0.898. The summed E-state index contributed by atoms with van der Waals surface area (Å²) >= 11 is 11.2. The van der Waals surface area contributed by atoms with E-state index in [1.165, 1.54) is 0 Å². The minimum atomic E-state index is -0.765. The molecule has 4 aromatic heterocycles. The van der Waals surface area contributed by atoms with Crippen LogP contribution in [0.2, 0.25) is 10.6 Å². The number of nitriles is 3. The first-order valence-electron chi connectivity index (χ1n) is 8.61. The average Bonchev–Trinajstić information content (AvgIpc) is 3.35. The fourth-order valence-corrected chi connectivity index (χ4v) is 3.14. The van der Waals surface area contributed by atoms with Crippen LogP contribution in [0.4, 0.5) is 0 Å². The van der Waals surface area contributed by atoms with Crippen LogP contribution in [0.25, 0.3) is 22.3 Å². The normalized spacial score (nSPS) is 10.3. The summed E-state index contributed by atoms with van der Waals surface area (Å²) in [5.74, 6) is 0. The van der Waals surface area contributed by atoms with E-state index in [1.807, 2.05) is 0 Å². The van der Waals surface area contributed by atoms with Gasteiger partial charge in [0.1, 0.15) is 19.6 Å². The Kier molecular flexibility index (Phi) is 6.44. The topological polar surface area (TPSA) is 228 Å². The Morgan fingerprint density at radius 2 is 1.21 bits per heavy atom. The molecule has 4 rings (SSSR count). The van der Waals surface area contributed by atoms with Crippen LogP contribution < -0.4 is 22.5 Å². The number of hydrogen-bond acceptors (Lipinski definition) is 9. The smallest absolute Gasteiger partial charge is 0.323 e. The van der Waals surface area contributed by atoms with Crippen LogP contribution in [0.1, 0.15) is 0 Å². The highest BCUT2D eigenvalue weighted by atomic mass is 35.5. The number of imidazole rings is 2. The van der Waals surface area contributed by atoms with Crippen molar-refractivity contribution in [3.05, 3.63) is 52.2 Å². The molecule has 15 nitrogen and oxygen atoms in total. The second kappa shape index (κ2) is 9.23. The van der Waals surface area contributed by atoms with Crippen molar-refractivity contribution in [1.82, 2.24) is 38.6 Å². The van der Waals surface area contributed by atoms with E-state index in [0.717, 1.165) is 9.13 Å². The third kappa shape index (κ3) is 4.24. The molecule has 0 aromatic carbocycles. The van der Waals surface area contributed by atoms with Crippen LogP contribution in [-0.4, -0.2) is 38.6 Å². The molecule has 0 fully saturated rings. The van der Waals surface area contributed by atoms with Crippen molar-refractivity contribution >= 4 is 45.5 Å². The highest BCUT2D eigenvalue weighted by Gasteiger charge is 2.16. The molecule has 0 atom stereocenters. The molecule has 0 spiro atoms. The number of H-pyrrole nitrogens is 3. The first kappa shape index (κ1) is 23.0. The van der Waals surface area contributed by atoms with E-state index in [4.69, 9.17) is 39.0 Å². The number of fused-ring (bicyclic) bond motifs is 2. The van der Waals surface area contributed by atoms with Crippen LogP contribution in [-0.2, 0) is 19.6 Å². The van der Waals surface area contributed by atoms with Gasteiger partial charge in [0.05, 0.1) is 18.2 Å². The van der Waals surface area contributed by atoms with Crippen LogP contribution >= 0.6 is 23.2 Å². The molecule has 0 aliphatic rings. The average molecular weight is 490 g/mol. The lowest BCUT2D eigenvalue weighted by molar-refractivity contribution is 0.653. The number of nitrogens with zero attached hydrogens (tertiary/aromatic N) is 8. The van der Waals surface area contributed by atoms with E-state index >= 15 is 0 Å². The molecular weight excluding hydrogens is 481 g/mol. The minimum absolute atomic E-state index is 0.00531. The zero-order valence-corrected chi connectivity index (χ0v) is 17.6. The summed E-state index contributed by atoms with van der Waals surface area (Å²) in [5, 5.41) is 25.7.